The predicted molar refractivity (Wildman–Crippen MR) is 86.2 cm³/mol. The van der Waals surface area contributed by atoms with Gasteiger partial charge in [0.15, 0.2) is 11.6 Å². The molecule has 0 aliphatic carbocycles. The Kier molecular flexibility index (Phi) is 6.34. The first-order valence-electron chi connectivity index (χ1n) is 7.80. The largest absolute Gasteiger partial charge is 0.432 e. The van der Waals surface area contributed by atoms with E-state index in [9.17, 15) is 18.0 Å². The molecule has 2 aliphatic rings. The summed E-state index contributed by atoms with van der Waals surface area (Å²) in [6, 6.07) is 4.44. The predicted octanol–water partition coefficient (Wildman–Crippen LogP) is 3.71. The van der Waals surface area contributed by atoms with Crippen LogP contribution in [0, 0.1) is 11.7 Å². The van der Waals surface area contributed by atoms with Gasteiger partial charge in [-0.3, -0.25) is 4.79 Å². The van der Waals surface area contributed by atoms with Crippen molar-refractivity contribution in [3.05, 3.63) is 24.0 Å². The maximum Gasteiger partial charge on any atom is 0.387 e. The first kappa shape index (κ1) is 18.9. The van der Waals surface area contributed by atoms with Gasteiger partial charge in [-0.2, -0.15) is 8.78 Å². The normalized spacial score (nSPS) is 25.2. The topological polar surface area (TPSA) is 50.4 Å². The molecule has 0 aromatic heterocycles. The Hall–Kier alpha value is -1.47. The molecule has 2 bridgehead atoms. The summed E-state index contributed by atoms with van der Waals surface area (Å²) in [5.41, 5.74) is 0.242. The lowest BCUT2D eigenvalue weighted by Gasteiger charge is -2.28. The van der Waals surface area contributed by atoms with Crippen molar-refractivity contribution in [2.24, 2.45) is 5.92 Å². The van der Waals surface area contributed by atoms with Crippen molar-refractivity contribution in [3.63, 3.8) is 0 Å². The van der Waals surface area contributed by atoms with Crippen LogP contribution in [0.1, 0.15) is 32.1 Å². The van der Waals surface area contributed by atoms with Gasteiger partial charge < -0.3 is 15.4 Å². The Balaban J connectivity index is 0.00000208. The molecule has 2 unspecified atom stereocenters. The molecule has 24 heavy (non-hydrogen) atoms. The van der Waals surface area contributed by atoms with Crippen LogP contribution in [0.15, 0.2) is 18.2 Å². The Bertz CT molecular complexity index is 576. The second-order valence-corrected chi connectivity index (χ2v) is 6.25. The van der Waals surface area contributed by atoms with Crippen LogP contribution in [0.25, 0.3) is 0 Å². The summed E-state index contributed by atoms with van der Waals surface area (Å²) < 4.78 is 41.8. The lowest BCUT2D eigenvalue weighted by molar-refractivity contribution is -0.117. The van der Waals surface area contributed by atoms with Crippen molar-refractivity contribution in [3.8, 4) is 5.75 Å². The van der Waals surface area contributed by atoms with E-state index in [0.717, 1.165) is 25.0 Å². The van der Waals surface area contributed by atoms with Crippen molar-refractivity contribution in [2.45, 2.75) is 50.8 Å². The standard InChI is InChI=1S/C16H19F3N2O2.ClH/c17-13-8-12(3-4-14(13)23-16(18)19)21-15(22)7-9-5-10-1-2-11(6-9)20-10;/h3-4,8-11,16,20H,1-2,5-7H2,(H,21,22);1H. The number of carbonyl (C=O) groups excluding carboxylic acids is 1. The Labute approximate surface area is 144 Å². The highest BCUT2D eigenvalue weighted by Gasteiger charge is 2.34. The average molecular weight is 365 g/mol. The summed E-state index contributed by atoms with van der Waals surface area (Å²) in [7, 11) is 0. The van der Waals surface area contributed by atoms with Crippen LogP contribution < -0.4 is 15.4 Å². The molecule has 2 heterocycles. The molecule has 0 saturated carbocycles. The zero-order chi connectivity index (χ0) is 16.4. The fraction of sp³-hybridized carbons (Fsp3) is 0.562. The highest BCUT2D eigenvalue weighted by atomic mass is 35.5. The third-order valence-electron chi connectivity index (χ3n) is 4.48. The molecule has 1 aromatic carbocycles. The zero-order valence-electron chi connectivity index (χ0n) is 12.9. The van der Waals surface area contributed by atoms with Crippen molar-refractivity contribution in [1.29, 1.82) is 0 Å². The molecule has 4 nitrogen and oxygen atoms in total. The number of benzene rings is 1. The molecule has 2 atom stereocenters. The first-order chi connectivity index (χ1) is 11.0. The summed E-state index contributed by atoms with van der Waals surface area (Å²) in [6.45, 7) is -3.08. The summed E-state index contributed by atoms with van der Waals surface area (Å²) in [4.78, 5) is 12.1. The minimum atomic E-state index is -3.08. The van der Waals surface area contributed by atoms with Crippen molar-refractivity contribution in [2.75, 3.05) is 5.32 Å². The van der Waals surface area contributed by atoms with Crippen LogP contribution in [0.3, 0.4) is 0 Å². The van der Waals surface area contributed by atoms with Crippen LogP contribution in [-0.2, 0) is 4.79 Å². The number of anilines is 1. The number of alkyl halides is 2. The fourth-order valence-corrected chi connectivity index (χ4v) is 3.59. The van der Waals surface area contributed by atoms with E-state index in [2.05, 4.69) is 15.4 Å². The second kappa shape index (κ2) is 8.07. The first-order valence-corrected chi connectivity index (χ1v) is 7.80. The number of hydrogen-bond donors (Lipinski definition) is 2. The fourth-order valence-electron chi connectivity index (χ4n) is 3.59. The minimum Gasteiger partial charge on any atom is -0.432 e. The number of nitrogens with one attached hydrogen (secondary N) is 2. The van der Waals surface area contributed by atoms with Crippen LogP contribution in [0.2, 0.25) is 0 Å². The third kappa shape index (κ3) is 4.77. The summed E-state index contributed by atoms with van der Waals surface area (Å²) in [5.74, 6) is -1.31. The molecule has 2 N–H and O–H groups in total. The Morgan fingerprint density at radius 2 is 1.96 bits per heavy atom. The minimum absolute atomic E-state index is 0. The summed E-state index contributed by atoms with van der Waals surface area (Å²) in [5, 5.41) is 6.13. The van der Waals surface area contributed by atoms with E-state index in [1.54, 1.807) is 0 Å². The number of hydrogen-bond acceptors (Lipinski definition) is 3. The quantitative estimate of drug-likeness (QED) is 0.837. The van der Waals surface area contributed by atoms with Crippen LogP contribution >= 0.6 is 12.4 Å². The number of rotatable bonds is 5. The van der Waals surface area contributed by atoms with E-state index in [0.29, 0.717) is 24.4 Å². The number of carbonyl (C=O) groups is 1. The molecule has 1 aromatic rings. The molecular weight excluding hydrogens is 345 g/mol. The Morgan fingerprint density at radius 1 is 1.29 bits per heavy atom. The number of ether oxygens (including phenoxy) is 1. The van der Waals surface area contributed by atoms with Crippen molar-refractivity contribution < 1.29 is 22.7 Å². The summed E-state index contributed by atoms with van der Waals surface area (Å²) in [6.07, 6.45) is 4.70. The van der Waals surface area contributed by atoms with Gasteiger partial charge in [-0.05, 0) is 43.7 Å². The van der Waals surface area contributed by atoms with E-state index in [4.69, 9.17) is 0 Å². The van der Waals surface area contributed by atoms with Crippen LogP contribution in [-0.4, -0.2) is 24.6 Å². The molecular formula is C16H20ClF3N2O2. The van der Waals surface area contributed by atoms with Crippen molar-refractivity contribution >= 4 is 24.0 Å². The van der Waals surface area contributed by atoms with Gasteiger partial charge in [-0.1, -0.05) is 0 Å². The summed E-state index contributed by atoms with van der Waals surface area (Å²) >= 11 is 0. The smallest absolute Gasteiger partial charge is 0.387 e. The van der Waals surface area contributed by atoms with Gasteiger partial charge in [0.25, 0.3) is 0 Å². The number of halogens is 4. The van der Waals surface area contributed by atoms with Gasteiger partial charge in [0, 0.05) is 30.3 Å². The molecule has 134 valence electrons. The second-order valence-electron chi connectivity index (χ2n) is 6.25. The van der Waals surface area contributed by atoms with Gasteiger partial charge in [0.2, 0.25) is 5.91 Å². The lowest BCUT2D eigenvalue weighted by atomic mass is 9.89. The number of piperidine rings is 1. The average Bonchev–Trinajstić information content (AvgIpc) is 2.80. The zero-order valence-corrected chi connectivity index (χ0v) is 13.8. The van der Waals surface area contributed by atoms with Gasteiger partial charge in [-0.25, -0.2) is 4.39 Å². The molecule has 0 radical (unpaired) electrons. The Morgan fingerprint density at radius 3 is 2.54 bits per heavy atom. The third-order valence-corrected chi connectivity index (χ3v) is 4.48. The van der Waals surface area contributed by atoms with Crippen LogP contribution in [0.5, 0.6) is 5.75 Å². The lowest BCUT2D eigenvalue weighted by Crippen LogP contribution is -2.39. The SMILES string of the molecule is Cl.O=C(CC1CC2CCC(C1)N2)Nc1ccc(OC(F)F)c(F)c1. The molecule has 2 saturated heterocycles. The monoisotopic (exact) mass is 364 g/mol. The molecule has 8 heteroatoms. The van der Waals surface area contributed by atoms with E-state index in [1.165, 1.54) is 18.9 Å². The maximum absolute atomic E-state index is 13.6. The molecule has 2 aliphatic heterocycles. The highest BCUT2D eigenvalue weighted by Crippen LogP contribution is 2.33. The number of amides is 1. The van der Waals surface area contributed by atoms with Gasteiger partial charge in [-0.15, -0.1) is 12.4 Å². The van der Waals surface area contributed by atoms with E-state index in [-0.39, 0.29) is 24.0 Å². The number of fused-ring (bicyclic) bond motifs is 2. The molecule has 0 spiro atoms. The molecule has 3 rings (SSSR count). The van der Waals surface area contributed by atoms with Gasteiger partial charge in [0.1, 0.15) is 0 Å². The van der Waals surface area contributed by atoms with E-state index < -0.39 is 18.2 Å². The molecule has 2 fully saturated rings. The van der Waals surface area contributed by atoms with Crippen LogP contribution in [0.4, 0.5) is 18.9 Å². The maximum atomic E-state index is 13.6. The molecule has 1 amide bonds. The highest BCUT2D eigenvalue weighted by molar-refractivity contribution is 5.90. The van der Waals surface area contributed by atoms with E-state index in [1.807, 2.05) is 0 Å². The van der Waals surface area contributed by atoms with Gasteiger partial charge in [0.05, 0.1) is 0 Å². The van der Waals surface area contributed by atoms with Gasteiger partial charge >= 0.3 is 6.61 Å². The van der Waals surface area contributed by atoms with E-state index >= 15 is 0 Å². The van der Waals surface area contributed by atoms with Crippen molar-refractivity contribution in [1.82, 2.24) is 5.32 Å².